The summed E-state index contributed by atoms with van der Waals surface area (Å²) in [6, 6.07) is 0. The molecule has 5 unspecified atom stereocenters. The van der Waals surface area contributed by atoms with Gasteiger partial charge in [-0.25, -0.2) is 9.13 Å². The predicted octanol–water partition coefficient (Wildman–Crippen LogP) is 23.1. The molecule has 0 spiro atoms. The maximum atomic E-state index is 13.1. The number of phosphoric ester groups is 2. The molecule has 0 aliphatic heterocycles. The first-order chi connectivity index (χ1) is 51.7. The summed E-state index contributed by atoms with van der Waals surface area (Å²) in [7, 11) is -10.0. The van der Waals surface area contributed by atoms with Crippen LogP contribution in [0.15, 0.2) is 207 Å². The van der Waals surface area contributed by atoms with Crippen LogP contribution in [0.3, 0.4) is 0 Å². The Kier molecular flexibility index (Phi) is 72.2. The summed E-state index contributed by atoms with van der Waals surface area (Å²) in [6.07, 6.45) is 95.5. The Labute approximate surface area is 639 Å². The molecule has 0 aliphatic carbocycles. The quantitative estimate of drug-likeness (QED) is 0.0169. The van der Waals surface area contributed by atoms with Crippen LogP contribution < -0.4 is 0 Å². The van der Waals surface area contributed by atoms with Crippen LogP contribution in [0.1, 0.15) is 259 Å². The zero-order chi connectivity index (χ0) is 77.4. The summed E-state index contributed by atoms with van der Waals surface area (Å²) >= 11 is 0. The fraction of sp³-hybridized carbons (Fsp3) is 0.563. The summed E-state index contributed by atoms with van der Waals surface area (Å²) in [6.45, 7) is 4.24. The van der Waals surface area contributed by atoms with Crippen LogP contribution in [0.2, 0.25) is 0 Å². The van der Waals surface area contributed by atoms with Crippen molar-refractivity contribution in [3.63, 3.8) is 0 Å². The average molecular weight is 1520 g/mol. The molecular formula is C87H136O17P2. The Bertz CT molecular complexity index is 2830. The van der Waals surface area contributed by atoms with Gasteiger partial charge in [-0.2, -0.15) is 0 Å². The van der Waals surface area contributed by atoms with E-state index in [4.69, 9.17) is 37.0 Å². The van der Waals surface area contributed by atoms with Gasteiger partial charge in [0.15, 0.2) is 12.2 Å². The first-order valence-electron chi connectivity index (χ1n) is 39.3. The monoisotopic (exact) mass is 1510 g/mol. The van der Waals surface area contributed by atoms with Crippen molar-refractivity contribution in [1.82, 2.24) is 0 Å². The van der Waals surface area contributed by atoms with Gasteiger partial charge in [0, 0.05) is 25.7 Å². The molecule has 0 saturated carbocycles. The summed E-state index contributed by atoms with van der Waals surface area (Å²) in [5.41, 5.74) is 0. The summed E-state index contributed by atoms with van der Waals surface area (Å²) < 4.78 is 68.4. The Morgan fingerprint density at radius 1 is 0.274 bits per heavy atom. The van der Waals surface area contributed by atoms with Crippen LogP contribution in [-0.4, -0.2) is 96.7 Å². The number of carbonyl (C=O) groups excluding carboxylic acids is 4. The largest absolute Gasteiger partial charge is 0.472 e. The van der Waals surface area contributed by atoms with E-state index in [1.54, 1.807) is 0 Å². The van der Waals surface area contributed by atoms with Gasteiger partial charge in [0.25, 0.3) is 0 Å². The molecule has 596 valence electrons. The molecule has 19 heteroatoms. The van der Waals surface area contributed by atoms with Gasteiger partial charge in [-0.15, -0.1) is 0 Å². The number of allylic oxidation sites excluding steroid dienone is 34. The highest BCUT2D eigenvalue weighted by Crippen LogP contribution is 2.45. The van der Waals surface area contributed by atoms with Crippen LogP contribution >= 0.6 is 15.6 Å². The number of aliphatic hydroxyl groups is 1. The summed E-state index contributed by atoms with van der Waals surface area (Å²) in [5.74, 6) is -2.43. The van der Waals surface area contributed by atoms with E-state index in [0.29, 0.717) is 38.5 Å². The van der Waals surface area contributed by atoms with Gasteiger partial charge in [-0.1, -0.05) is 266 Å². The third-order valence-corrected chi connectivity index (χ3v) is 17.1. The van der Waals surface area contributed by atoms with Crippen molar-refractivity contribution >= 4 is 39.5 Å². The number of esters is 4. The number of hydrogen-bond donors (Lipinski definition) is 3. The molecule has 17 nitrogen and oxygen atoms in total. The molecule has 0 rings (SSSR count). The first-order valence-corrected chi connectivity index (χ1v) is 42.3. The van der Waals surface area contributed by atoms with Gasteiger partial charge in [-0.3, -0.25) is 37.3 Å². The van der Waals surface area contributed by atoms with E-state index in [9.17, 15) is 43.2 Å². The van der Waals surface area contributed by atoms with Crippen LogP contribution in [-0.2, 0) is 65.4 Å². The molecule has 0 aromatic carbocycles. The molecule has 0 saturated heterocycles. The summed E-state index contributed by atoms with van der Waals surface area (Å²) in [4.78, 5) is 73.0. The molecule has 0 aliphatic rings. The molecule has 0 fully saturated rings. The number of unbranched alkanes of at least 4 members (excludes halogenated alkanes) is 11. The Hall–Kier alpha value is -6.36. The molecule has 5 atom stereocenters. The molecule has 0 aromatic rings. The number of phosphoric acid groups is 2. The van der Waals surface area contributed by atoms with Gasteiger partial charge < -0.3 is 33.8 Å². The lowest BCUT2D eigenvalue weighted by Crippen LogP contribution is -2.30. The van der Waals surface area contributed by atoms with Crippen molar-refractivity contribution in [2.24, 2.45) is 0 Å². The van der Waals surface area contributed by atoms with Gasteiger partial charge in [0.05, 0.1) is 26.4 Å². The van der Waals surface area contributed by atoms with E-state index in [1.807, 2.05) is 30.4 Å². The van der Waals surface area contributed by atoms with E-state index in [2.05, 4.69) is 204 Å². The minimum atomic E-state index is -5.03. The van der Waals surface area contributed by atoms with E-state index in [-0.39, 0.29) is 25.7 Å². The lowest BCUT2D eigenvalue weighted by atomic mass is 10.1. The topological polar surface area (TPSA) is 237 Å². The highest BCUT2D eigenvalue weighted by Gasteiger charge is 2.30. The van der Waals surface area contributed by atoms with Crippen molar-refractivity contribution in [2.75, 3.05) is 39.6 Å². The minimum Gasteiger partial charge on any atom is -0.462 e. The number of rotatable bonds is 71. The third-order valence-electron chi connectivity index (χ3n) is 15.2. The van der Waals surface area contributed by atoms with Gasteiger partial charge in [0.1, 0.15) is 19.3 Å². The highest BCUT2D eigenvalue weighted by molar-refractivity contribution is 7.47. The second-order valence-corrected chi connectivity index (χ2v) is 28.1. The standard InChI is InChI=1S/C87H136O17P2/c1-5-9-13-17-21-25-29-33-37-39-40-42-45-48-52-56-60-64-68-72-85(90)98-78-83(104-87(92)74-70-66-62-58-54-50-46-41-38-34-30-26-22-18-14-10-6-2)80-102-106(95,96)100-76-81(88)75-99-105(93,94)101-79-82(103-86(91)73-69-65-61-57-53-49-44-36-32-28-24-20-16-12-8-4)77-97-84(89)71-67-63-59-55-51-47-43-35-31-27-23-19-15-11-7-3/h9-11,13-15,21-28,33-38,40,42-44,46,48,50-52,55,58,60,62,64,81-83,88H,5-8,12,16-20,29-32,39,41,45,47,49,53-54,56-57,59,61,63,65-80H2,1-4H3,(H,93,94)(H,95,96)/b13-9-,14-10-,15-11-,25-21-,26-22-,27-23-,28-24-,37-33-,38-34-,42-40-,43-35-,44-36-,50-46-,52-48-,55-51-,62-58-,64-60-. The zero-order valence-electron chi connectivity index (χ0n) is 65.0. The second kappa shape index (κ2) is 76.8. The second-order valence-electron chi connectivity index (χ2n) is 25.1. The van der Waals surface area contributed by atoms with Crippen molar-refractivity contribution in [2.45, 2.75) is 277 Å². The van der Waals surface area contributed by atoms with E-state index in [1.165, 1.54) is 19.3 Å². The van der Waals surface area contributed by atoms with Gasteiger partial charge in [-0.05, 0) is 173 Å². The molecule has 106 heavy (non-hydrogen) atoms. The average Bonchev–Trinajstić information content (AvgIpc) is 0.902. The fourth-order valence-corrected chi connectivity index (χ4v) is 10.9. The molecular weight excluding hydrogens is 1380 g/mol. The minimum absolute atomic E-state index is 0.00971. The number of aliphatic hydroxyl groups excluding tert-OH is 1. The van der Waals surface area contributed by atoms with Crippen LogP contribution in [0.4, 0.5) is 0 Å². The molecule has 0 aromatic heterocycles. The lowest BCUT2D eigenvalue weighted by Gasteiger charge is -2.21. The SMILES string of the molecule is CC/C=C\C/C=C\C/C=C\C/C=C\C/C=C\C/C=C\CCC(=O)OCC(COP(=O)(O)OCC(O)COP(=O)(O)OCC(COC(=O)CCCC/C=C\C/C=C\C/C=C\C/C=C\CC)OC(=O)CCCCCCC/C=C\C/C=C\CCCCC)OC(=O)CCC/C=C\C/C=C\C/C=C\C/C=C\C/C=C\CC. The van der Waals surface area contributed by atoms with Crippen LogP contribution in [0.25, 0.3) is 0 Å². The molecule has 0 radical (unpaired) electrons. The maximum Gasteiger partial charge on any atom is 0.472 e. The zero-order valence-corrected chi connectivity index (χ0v) is 66.8. The predicted molar refractivity (Wildman–Crippen MR) is 435 cm³/mol. The first kappa shape index (κ1) is 99.6. The summed E-state index contributed by atoms with van der Waals surface area (Å²) in [5, 5.41) is 10.6. The normalized spacial score (nSPS) is 15.0. The molecule has 0 heterocycles. The Balaban J connectivity index is 5.56. The van der Waals surface area contributed by atoms with E-state index < -0.39 is 97.5 Å². The van der Waals surface area contributed by atoms with Gasteiger partial charge in [0.2, 0.25) is 0 Å². The lowest BCUT2D eigenvalue weighted by molar-refractivity contribution is -0.161. The number of carbonyl (C=O) groups is 4. The van der Waals surface area contributed by atoms with Crippen molar-refractivity contribution in [1.29, 1.82) is 0 Å². The highest BCUT2D eigenvalue weighted by atomic mass is 31.2. The number of ether oxygens (including phenoxy) is 4. The Morgan fingerprint density at radius 3 is 0.868 bits per heavy atom. The van der Waals surface area contributed by atoms with E-state index in [0.717, 1.165) is 148 Å². The molecule has 0 amide bonds. The van der Waals surface area contributed by atoms with Gasteiger partial charge >= 0.3 is 39.5 Å². The maximum absolute atomic E-state index is 13.1. The van der Waals surface area contributed by atoms with Crippen molar-refractivity contribution < 1.29 is 80.2 Å². The Morgan fingerprint density at radius 2 is 0.519 bits per heavy atom. The van der Waals surface area contributed by atoms with Crippen LogP contribution in [0, 0.1) is 0 Å². The van der Waals surface area contributed by atoms with Crippen molar-refractivity contribution in [3.8, 4) is 0 Å². The van der Waals surface area contributed by atoms with E-state index >= 15 is 0 Å². The fourth-order valence-electron chi connectivity index (χ4n) is 9.36. The van der Waals surface area contributed by atoms with Crippen molar-refractivity contribution in [3.05, 3.63) is 207 Å². The van der Waals surface area contributed by atoms with Crippen LogP contribution in [0.5, 0.6) is 0 Å². The smallest absolute Gasteiger partial charge is 0.462 e. The molecule has 0 bridgehead atoms. The number of hydrogen-bond acceptors (Lipinski definition) is 15. The third kappa shape index (κ3) is 75.9. The molecule has 3 N–H and O–H groups in total.